The van der Waals surface area contributed by atoms with E-state index >= 15 is 0 Å². The van der Waals surface area contributed by atoms with E-state index in [1.807, 2.05) is 0 Å². The first kappa shape index (κ1) is 12.9. The van der Waals surface area contributed by atoms with Crippen LogP contribution < -0.4 is 5.73 Å². The van der Waals surface area contributed by atoms with E-state index in [1.54, 1.807) is 0 Å². The summed E-state index contributed by atoms with van der Waals surface area (Å²) in [5.41, 5.74) is 9.48. The molecular weight excluding hydrogens is 242 g/mol. The van der Waals surface area contributed by atoms with Crippen molar-refractivity contribution in [2.75, 3.05) is 0 Å². The lowest BCUT2D eigenvalue weighted by Crippen LogP contribution is -2.52. The van der Waals surface area contributed by atoms with Crippen LogP contribution in [0.4, 0.5) is 0 Å². The van der Waals surface area contributed by atoms with Crippen LogP contribution in [0.15, 0.2) is 24.3 Å². The van der Waals surface area contributed by atoms with Gasteiger partial charge < -0.3 is 5.73 Å². The van der Waals surface area contributed by atoms with Gasteiger partial charge >= 0.3 is 0 Å². The van der Waals surface area contributed by atoms with Crippen molar-refractivity contribution >= 4 is 0 Å². The van der Waals surface area contributed by atoms with E-state index in [0.717, 1.165) is 36.0 Å². The maximum atomic E-state index is 6.68. The van der Waals surface area contributed by atoms with Gasteiger partial charge in [0.1, 0.15) is 0 Å². The average Bonchev–Trinajstić information content (AvgIpc) is 2.37. The molecule has 4 aliphatic carbocycles. The van der Waals surface area contributed by atoms with Crippen molar-refractivity contribution in [3.63, 3.8) is 0 Å². The van der Waals surface area contributed by atoms with Gasteiger partial charge in [0.05, 0.1) is 0 Å². The zero-order valence-electron chi connectivity index (χ0n) is 12.6. The fourth-order valence-electron chi connectivity index (χ4n) is 5.91. The quantitative estimate of drug-likeness (QED) is 0.884. The Morgan fingerprint density at radius 1 is 1.05 bits per heavy atom. The van der Waals surface area contributed by atoms with Crippen molar-refractivity contribution in [1.82, 2.24) is 0 Å². The Hall–Kier alpha value is -0.820. The SMILES string of the molecule is Cc1cccc(CC(N)C2C3CC4CC(C3)CC2C4)c1. The second-order valence-corrected chi connectivity index (χ2v) is 7.87. The summed E-state index contributed by atoms with van der Waals surface area (Å²) in [6.45, 7) is 2.18. The zero-order chi connectivity index (χ0) is 13.7. The number of rotatable bonds is 3. The van der Waals surface area contributed by atoms with Crippen LogP contribution in [0.5, 0.6) is 0 Å². The van der Waals surface area contributed by atoms with Crippen molar-refractivity contribution in [3.8, 4) is 0 Å². The average molecular weight is 269 g/mol. The first-order valence-electron chi connectivity index (χ1n) is 8.50. The molecular formula is C19H27N. The molecule has 0 heterocycles. The summed E-state index contributed by atoms with van der Waals surface area (Å²) >= 11 is 0. The Morgan fingerprint density at radius 3 is 2.30 bits per heavy atom. The molecule has 2 N–H and O–H groups in total. The molecule has 5 rings (SSSR count). The Balaban J connectivity index is 1.50. The van der Waals surface area contributed by atoms with Crippen molar-refractivity contribution in [2.24, 2.45) is 35.3 Å². The number of benzene rings is 1. The second-order valence-electron chi connectivity index (χ2n) is 7.87. The maximum Gasteiger partial charge on any atom is 0.0113 e. The van der Waals surface area contributed by atoms with Gasteiger partial charge in [0, 0.05) is 6.04 Å². The summed E-state index contributed by atoms with van der Waals surface area (Å²) in [4.78, 5) is 0. The molecule has 4 fully saturated rings. The van der Waals surface area contributed by atoms with Gasteiger partial charge in [-0.05, 0) is 80.6 Å². The first-order valence-corrected chi connectivity index (χ1v) is 8.50. The molecule has 108 valence electrons. The van der Waals surface area contributed by atoms with Gasteiger partial charge in [-0.25, -0.2) is 0 Å². The molecule has 20 heavy (non-hydrogen) atoms. The third-order valence-electron chi connectivity index (χ3n) is 6.35. The summed E-state index contributed by atoms with van der Waals surface area (Å²) < 4.78 is 0. The molecule has 0 amide bonds. The maximum absolute atomic E-state index is 6.68. The molecule has 4 saturated carbocycles. The van der Waals surface area contributed by atoms with Crippen LogP contribution in [0.2, 0.25) is 0 Å². The van der Waals surface area contributed by atoms with Crippen molar-refractivity contribution in [1.29, 1.82) is 0 Å². The van der Waals surface area contributed by atoms with Gasteiger partial charge in [0.2, 0.25) is 0 Å². The summed E-state index contributed by atoms with van der Waals surface area (Å²) in [5.74, 6) is 4.82. The van der Waals surface area contributed by atoms with Crippen LogP contribution in [0.1, 0.15) is 43.2 Å². The molecule has 0 aromatic heterocycles. The number of aryl methyl sites for hydroxylation is 1. The van der Waals surface area contributed by atoms with Crippen LogP contribution in [-0.2, 0) is 6.42 Å². The third kappa shape index (κ3) is 2.20. The monoisotopic (exact) mass is 269 g/mol. The molecule has 1 nitrogen and oxygen atoms in total. The second kappa shape index (κ2) is 4.87. The molecule has 1 unspecified atom stereocenters. The fraction of sp³-hybridized carbons (Fsp3) is 0.684. The Bertz CT molecular complexity index is 464. The van der Waals surface area contributed by atoms with Crippen LogP contribution in [0.3, 0.4) is 0 Å². The van der Waals surface area contributed by atoms with Crippen LogP contribution in [0, 0.1) is 36.5 Å². The van der Waals surface area contributed by atoms with Gasteiger partial charge in [-0.2, -0.15) is 0 Å². The van der Waals surface area contributed by atoms with E-state index in [4.69, 9.17) is 5.73 Å². The van der Waals surface area contributed by atoms with E-state index < -0.39 is 0 Å². The summed E-state index contributed by atoms with van der Waals surface area (Å²) in [5, 5.41) is 0. The lowest BCUT2D eigenvalue weighted by atomic mass is 9.50. The normalized spacial score (nSPS) is 40.0. The molecule has 0 spiro atoms. The summed E-state index contributed by atoms with van der Waals surface area (Å²) in [7, 11) is 0. The largest absolute Gasteiger partial charge is 0.327 e. The lowest BCUT2D eigenvalue weighted by molar-refractivity contribution is -0.0464. The van der Waals surface area contributed by atoms with Crippen LogP contribution >= 0.6 is 0 Å². The standard InChI is InChI=1S/C19H27N/c1-12-3-2-4-13(5-12)11-18(20)19-16-7-14-6-15(9-16)10-17(19)8-14/h2-5,14-19H,6-11,20H2,1H3. The minimum Gasteiger partial charge on any atom is -0.327 e. The Morgan fingerprint density at radius 2 is 1.70 bits per heavy atom. The topological polar surface area (TPSA) is 26.0 Å². The number of hydrogen-bond acceptors (Lipinski definition) is 1. The van der Waals surface area contributed by atoms with Crippen molar-refractivity contribution in [3.05, 3.63) is 35.4 Å². The van der Waals surface area contributed by atoms with E-state index in [0.29, 0.717) is 6.04 Å². The highest BCUT2D eigenvalue weighted by atomic mass is 14.7. The fourth-order valence-corrected chi connectivity index (χ4v) is 5.91. The molecule has 4 bridgehead atoms. The molecule has 1 heteroatoms. The van der Waals surface area contributed by atoms with Gasteiger partial charge in [-0.15, -0.1) is 0 Å². The van der Waals surface area contributed by atoms with Gasteiger partial charge in [-0.1, -0.05) is 29.8 Å². The van der Waals surface area contributed by atoms with E-state index in [2.05, 4.69) is 31.2 Å². The molecule has 1 aromatic rings. The summed E-state index contributed by atoms with van der Waals surface area (Å²) in [6.07, 6.45) is 8.55. The predicted octanol–water partition coefficient (Wildman–Crippen LogP) is 3.94. The van der Waals surface area contributed by atoms with Crippen molar-refractivity contribution in [2.45, 2.75) is 51.5 Å². The van der Waals surface area contributed by atoms with E-state index in [9.17, 15) is 0 Å². The lowest BCUT2D eigenvalue weighted by Gasteiger charge is -2.56. The Kier molecular flexibility index (Phi) is 3.14. The van der Waals surface area contributed by atoms with Gasteiger partial charge in [0.25, 0.3) is 0 Å². The predicted molar refractivity (Wildman–Crippen MR) is 83.4 cm³/mol. The third-order valence-corrected chi connectivity index (χ3v) is 6.35. The summed E-state index contributed by atoms with van der Waals surface area (Å²) in [6, 6.07) is 9.30. The molecule has 0 radical (unpaired) electrons. The molecule has 1 aromatic carbocycles. The van der Waals surface area contributed by atoms with Gasteiger partial charge in [0.15, 0.2) is 0 Å². The van der Waals surface area contributed by atoms with Crippen LogP contribution in [-0.4, -0.2) is 6.04 Å². The highest BCUT2D eigenvalue weighted by Gasteiger charge is 2.49. The highest BCUT2D eigenvalue weighted by Crippen LogP contribution is 2.57. The highest BCUT2D eigenvalue weighted by molar-refractivity contribution is 5.23. The van der Waals surface area contributed by atoms with E-state index in [1.165, 1.54) is 43.2 Å². The molecule has 4 aliphatic rings. The minimum absolute atomic E-state index is 0.381. The zero-order valence-corrected chi connectivity index (χ0v) is 12.6. The Labute approximate surface area is 122 Å². The molecule has 1 atom stereocenters. The van der Waals surface area contributed by atoms with Crippen molar-refractivity contribution < 1.29 is 0 Å². The number of hydrogen-bond donors (Lipinski definition) is 1. The first-order chi connectivity index (χ1) is 9.69. The molecule has 0 aliphatic heterocycles. The minimum atomic E-state index is 0.381. The van der Waals surface area contributed by atoms with E-state index in [-0.39, 0.29) is 0 Å². The smallest absolute Gasteiger partial charge is 0.0113 e. The molecule has 0 saturated heterocycles. The van der Waals surface area contributed by atoms with Crippen LogP contribution in [0.25, 0.3) is 0 Å². The van der Waals surface area contributed by atoms with Gasteiger partial charge in [-0.3, -0.25) is 0 Å². The number of nitrogens with two attached hydrogens (primary N) is 1.